The summed E-state index contributed by atoms with van der Waals surface area (Å²) in [5, 5.41) is 10.9. The van der Waals surface area contributed by atoms with Gasteiger partial charge in [0.1, 0.15) is 11.7 Å². The third kappa shape index (κ3) is 4.18. The highest BCUT2D eigenvalue weighted by Gasteiger charge is 2.37. The van der Waals surface area contributed by atoms with E-state index in [2.05, 4.69) is 0 Å². The molecule has 0 aromatic carbocycles. The van der Waals surface area contributed by atoms with Crippen molar-refractivity contribution in [3.63, 3.8) is 0 Å². The van der Waals surface area contributed by atoms with Crippen molar-refractivity contribution >= 4 is 12.1 Å². The molecule has 0 saturated carbocycles. The van der Waals surface area contributed by atoms with Gasteiger partial charge in [0.2, 0.25) is 0 Å². The average molecular weight is 258 g/mol. The number of hydrogen-bond donors (Lipinski definition) is 0. The van der Waals surface area contributed by atoms with Gasteiger partial charge in [0.05, 0.1) is 24.7 Å². The van der Waals surface area contributed by atoms with Crippen LogP contribution in [0.2, 0.25) is 0 Å². The topological polar surface area (TPSA) is 78.9 Å². The van der Waals surface area contributed by atoms with E-state index in [-0.39, 0.29) is 13.1 Å². The molecule has 6 nitrogen and oxygen atoms in total. The van der Waals surface area contributed by atoms with Gasteiger partial charge < -0.3 is 24.3 Å². The molecule has 0 N–H and O–H groups in total. The van der Waals surface area contributed by atoms with E-state index in [0.717, 1.165) is 0 Å². The molecule has 104 valence electrons. The maximum absolute atomic E-state index is 11.9. The predicted molar refractivity (Wildman–Crippen MR) is 61.8 cm³/mol. The lowest BCUT2D eigenvalue weighted by molar-refractivity contribution is -0.323. The normalized spacial score (nSPS) is 23.6. The Morgan fingerprint density at radius 2 is 1.94 bits per heavy atom. The molecular weight excluding hydrogens is 238 g/mol. The number of morpholine rings is 1. The quantitative estimate of drug-likeness (QED) is 0.669. The summed E-state index contributed by atoms with van der Waals surface area (Å²) in [6.07, 6.45) is -1.66. The van der Waals surface area contributed by atoms with E-state index in [1.165, 1.54) is 4.90 Å². The van der Waals surface area contributed by atoms with Crippen LogP contribution < -0.4 is 5.11 Å². The van der Waals surface area contributed by atoms with Gasteiger partial charge in [-0.05, 0) is 34.6 Å². The second-order valence-corrected chi connectivity index (χ2v) is 6.05. The van der Waals surface area contributed by atoms with Crippen LogP contribution in [0.15, 0.2) is 0 Å². The standard InChI is InChI=1S/C12H21NO5/c1-11(2,3)18-10(16)13-6-8(9(14)15)17-12(4,5)7-13/h8H,6-7H2,1-5H3,(H,14,15)/p-1/t8-/m1/s1. The summed E-state index contributed by atoms with van der Waals surface area (Å²) in [5.41, 5.74) is -1.35. The van der Waals surface area contributed by atoms with Crippen LogP contribution in [0.1, 0.15) is 34.6 Å². The SMILES string of the molecule is CC(C)(C)OC(=O)N1C[C@H](C(=O)[O-])OC(C)(C)C1. The molecule has 1 aliphatic rings. The summed E-state index contributed by atoms with van der Waals surface area (Å²) in [6, 6.07) is 0. The number of carboxylic acid groups (broad SMARTS) is 1. The first kappa shape index (κ1) is 14.8. The molecule has 0 spiro atoms. The van der Waals surface area contributed by atoms with Gasteiger partial charge in [-0.3, -0.25) is 0 Å². The summed E-state index contributed by atoms with van der Waals surface area (Å²) < 4.78 is 10.6. The van der Waals surface area contributed by atoms with Crippen LogP contribution in [0.5, 0.6) is 0 Å². The Kier molecular flexibility index (Phi) is 3.90. The van der Waals surface area contributed by atoms with Gasteiger partial charge in [0.25, 0.3) is 0 Å². The predicted octanol–water partition coefficient (Wildman–Crippen LogP) is 0.151. The number of rotatable bonds is 1. The summed E-state index contributed by atoms with van der Waals surface area (Å²) in [7, 11) is 0. The van der Waals surface area contributed by atoms with E-state index in [1.807, 2.05) is 0 Å². The van der Waals surface area contributed by atoms with Crippen molar-refractivity contribution in [1.29, 1.82) is 0 Å². The Morgan fingerprint density at radius 1 is 1.39 bits per heavy atom. The smallest absolute Gasteiger partial charge is 0.410 e. The van der Waals surface area contributed by atoms with E-state index in [0.29, 0.717) is 0 Å². The highest BCUT2D eigenvalue weighted by Crippen LogP contribution is 2.22. The zero-order chi connectivity index (χ0) is 14.1. The van der Waals surface area contributed by atoms with Crippen molar-refractivity contribution in [2.45, 2.75) is 51.9 Å². The number of amides is 1. The van der Waals surface area contributed by atoms with Crippen LogP contribution in [-0.4, -0.2) is 47.4 Å². The number of hydrogen-bond acceptors (Lipinski definition) is 5. The fourth-order valence-corrected chi connectivity index (χ4v) is 1.77. The minimum Gasteiger partial charge on any atom is -0.547 e. The first-order valence-electron chi connectivity index (χ1n) is 5.87. The number of ether oxygens (including phenoxy) is 2. The molecule has 1 aliphatic heterocycles. The monoisotopic (exact) mass is 258 g/mol. The zero-order valence-corrected chi connectivity index (χ0v) is 11.5. The molecular formula is C12H20NO5-. The Hall–Kier alpha value is -1.30. The summed E-state index contributed by atoms with van der Waals surface area (Å²) in [4.78, 5) is 24.1. The maximum Gasteiger partial charge on any atom is 0.410 e. The van der Waals surface area contributed by atoms with Crippen LogP contribution in [0.4, 0.5) is 4.79 Å². The van der Waals surface area contributed by atoms with Crippen molar-refractivity contribution in [1.82, 2.24) is 4.90 Å². The second-order valence-electron chi connectivity index (χ2n) is 6.05. The largest absolute Gasteiger partial charge is 0.547 e. The van der Waals surface area contributed by atoms with Crippen molar-refractivity contribution in [2.75, 3.05) is 13.1 Å². The van der Waals surface area contributed by atoms with Gasteiger partial charge in [-0.1, -0.05) is 0 Å². The molecule has 1 fully saturated rings. The summed E-state index contributed by atoms with van der Waals surface area (Å²) >= 11 is 0. The number of nitrogens with zero attached hydrogens (tertiary/aromatic N) is 1. The lowest BCUT2D eigenvalue weighted by Crippen LogP contribution is -2.59. The minimum atomic E-state index is -1.32. The molecule has 0 bridgehead atoms. The van der Waals surface area contributed by atoms with Crippen LogP contribution in [0.25, 0.3) is 0 Å². The third-order valence-electron chi connectivity index (χ3n) is 2.33. The van der Waals surface area contributed by atoms with Crippen LogP contribution in [-0.2, 0) is 14.3 Å². The lowest BCUT2D eigenvalue weighted by Gasteiger charge is -2.43. The van der Waals surface area contributed by atoms with Crippen molar-refractivity contribution in [3.8, 4) is 0 Å². The lowest BCUT2D eigenvalue weighted by atomic mass is 10.1. The molecule has 1 amide bonds. The van der Waals surface area contributed by atoms with Crippen LogP contribution in [0.3, 0.4) is 0 Å². The molecule has 1 atom stereocenters. The second kappa shape index (κ2) is 4.76. The van der Waals surface area contributed by atoms with E-state index in [4.69, 9.17) is 9.47 Å². The summed E-state index contributed by atoms with van der Waals surface area (Å²) in [6.45, 7) is 8.94. The molecule has 0 radical (unpaired) electrons. The van der Waals surface area contributed by atoms with Crippen molar-refractivity contribution in [2.24, 2.45) is 0 Å². The number of carbonyl (C=O) groups excluding carboxylic acids is 2. The molecule has 18 heavy (non-hydrogen) atoms. The van der Waals surface area contributed by atoms with E-state index in [9.17, 15) is 14.7 Å². The Balaban J connectivity index is 2.76. The number of carbonyl (C=O) groups is 2. The Bertz CT molecular complexity index is 345. The van der Waals surface area contributed by atoms with Gasteiger partial charge >= 0.3 is 6.09 Å². The first-order valence-corrected chi connectivity index (χ1v) is 5.87. The van der Waals surface area contributed by atoms with E-state index >= 15 is 0 Å². The molecule has 0 unspecified atom stereocenters. The van der Waals surface area contributed by atoms with E-state index in [1.54, 1.807) is 34.6 Å². The fourth-order valence-electron chi connectivity index (χ4n) is 1.77. The zero-order valence-electron chi connectivity index (χ0n) is 11.5. The van der Waals surface area contributed by atoms with Gasteiger partial charge in [-0.15, -0.1) is 0 Å². The van der Waals surface area contributed by atoms with Crippen LogP contribution >= 0.6 is 0 Å². The highest BCUT2D eigenvalue weighted by atomic mass is 16.6. The van der Waals surface area contributed by atoms with Gasteiger partial charge in [-0.25, -0.2) is 4.79 Å². The fraction of sp³-hybridized carbons (Fsp3) is 0.833. The minimum absolute atomic E-state index is 0.0549. The van der Waals surface area contributed by atoms with E-state index < -0.39 is 29.4 Å². The van der Waals surface area contributed by atoms with Crippen molar-refractivity contribution < 1.29 is 24.2 Å². The Morgan fingerprint density at radius 3 is 2.39 bits per heavy atom. The molecule has 0 aliphatic carbocycles. The van der Waals surface area contributed by atoms with Crippen LogP contribution in [0, 0.1) is 0 Å². The molecule has 1 rings (SSSR count). The molecule has 6 heteroatoms. The molecule has 0 aromatic heterocycles. The van der Waals surface area contributed by atoms with Gasteiger partial charge in [0.15, 0.2) is 0 Å². The average Bonchev–Trinajstić information content (AvgIpc) is 2.12. The molecule has 1 saturated heterocycles. The first-order chi connectivity index (χ1) is 8.00. The Labute approximate surface area is 107 Å². The van der Waals surface area contributed by atoms with Gasteiger partial charge in [0, 0.05) is 0 Å². The van der Waals surface area contributed by atoms with Crippen molar-refractivity contribution in [3.05, 3.63) is 0 Å². The number of aliphatic carboxylic acids is 1. The summed E-state index contributed by atoms with van der Waals surface area (Å²) in [5.74, 6) is -1.32. The maximum atomic E-state index is 11.9. The highest BCUT2D eigenvalue weighted by molar-refractivity contribution is 5.73. The number of carboxylic acids is 1. The third-order valence-corrected chi connectivity index (χ3v) is 2.33. The van der Waals surface area contributed by atoms with Gasteiger partial charge in [-0.2, -0.15) is 0 Å². The molecule has 1 heterocycles. The molecule has 0 aromatic rings.